The van der Waals surface area contributed by atoms with E-state index in [1.807, 2.05) is 49.0 Å². The van der Waals surface area contributed by atoms with Crippen molar-refractivity contribution < 1.29 is 9.53 Å². The molecule has 0 spiro atoms. The summed E-state index contributed by atoms with van der Waals surface area (Å²) in [5.74, 6) is 0.603. The lowest BCUT2D eigenvalue weighted by Crippen LogP contribution is -2.13. The van der Waals surface area contributed by atoms with E-state index in [2.05, 4.69) is 32.6 Å². The van der Waals surface area contributed by atoms with E-state index in [4.69, 9.17) is 16.3 Å². The fourth-order valence-corrected chi connectivity index (χ4v) is 3.77. The minimum Gasteiger partial charge on any atom is -0.495 e. The molecule has 1 amide bonds. The number of hydrogen-bond acceptors (Lipinski definition) is 6. The Morgan fingerprint density at radius 2 is 1.94 bits per heavy atom. The normalized spacial score (nSPS) is 10.9. The van der Waals surface area contributed by atoms with Gasteiger partial charge in [0.1, 0.15) is 5.75 Å². The molecule has 2 aromatic heterocycles. The molecular formula is C26H27ClN6O2. The summed E-state index contributed by atoms with van der Waals surface area (Å²) in [6, 6.07) is 13.1. The van der Waals surface area contributed by atoms with Crippen LogP contribution in [0.2, 0.25) is 5.02 Å². The van der Waals surface area contributed by atoms with Gasteiger partial charge in [-0.05, 0) is 50.1 Å². The van der Waals surface area contributed by atoms with Crippen molar-refractivity contribution in [3.8, 4) is 17.0 Å². The number of halogens is 1. The van der Waals surface area contributed by atoms with Gasteiger partial charge in [0.15, 0.2) is 0 Å². The van der Waals surface area contributed by atoms with Gasteiger partial charge in [-0.2, -0.15) is 5.10 Å². The number of benzene rings is 2. The maximum Gasteiger partial charge on any atom is 0.255 e. The molecule has 0 fully saturated rings. The van der Waals surface area contributed by atoms with Gasteiger partial charge in [0.05, 0.1) is 35.9 Å². The number of aryl methyl sites for hydroxylation is 1. The van der Waals surface area contributed by atoms with Crippen molar-refractivity contribution in [2.45, 2.75) is 33.2 Å². The van der Waals surface area contributed by atoms with Gasteiger partial charge < -0.3 is 15.4 Å². The van der Waals surface area contributed by atoms with Gasteiger partial charge in [-0.25, -0.2) is 9.97 Å². The summed E-state index contributed by atoms with van der Waals surface area (Å²) in [5, 5.41) is 10.9. The largest absolute Gasteiger partial charge is 0.495 e. The Kier molecular flexibility index (Phi) is 7.31. The fourth-order valence-electron chi connectivity index (χ4n) is 3.57. The smallest absolute Gasteiger partial charge is 0.255 e. The van der Waals surface area contributed by atoms with E-state index >= 15 is 0 Å². The van der Waals surface area contributed by atoms with Gasteiger partial charge in [-0.3, -0.25) is 9.48 Å². The average Bonchev–Trinajstić information content (AvgIpc) is 3.36. The third-order valence-corrected chi connectivity index (χ3v) is 5.78. The molecule has 9 heteroatoms. The molecule has 180 valence electrons. The van der Waals surface area contributed by atoms with Crippen molar-refractivity contribution in [2.75, 3.05) is 17.7 Å². The van der Waals surface area contributed by atoms with Crippen LogP contribution in [0.4, 0.5) is 17.3 Å². The molecule has 0 aliphatic carbocycles. The van der Waals surface area contributed by atoms with E-state index in [0.29, 0.717) is 33.7 Å². The third kappa shape index (κ3) is 5.44. The Hall–Kier alpha value is -3.91. The number of para-hydroxylation sites is 1. The Balaban J connectivity index is 1.56. The second kappa shape index (κ2) is 10.6. The van der Waals surface area contributed by atoms with Crippen molar-refractivity contribution in [1.82, 2.24) is 19.7 Å². The molecule has 0 saturated carbocycles. The molecule has 0 unspecified atom stereocenters. The summed E-state index contributed by atoms with van der Waals surface area (Å²) in [6.45, 7) is 6.14. The quantitative estimate of drug-likeness (QED) is 0.308. The number of methoxy groups -OCH3 is 1. The van der Waals surface area contributed by atoms with Crippen molar-refractivity contribution >= 4 is 34.8 Å². The van der Waals surface area contributed by atoms with E-state index in [0.717, 1.165) is 23.2 Å². The number of rotatable bonds is 8. The summed E-state index contributed by atoms with van der Waals surface area (Å²) in [7, 11) is 1.54. The van der Waals surface area contributed by atoms with Gasteiger partial charge >= 0.3 is 0 Å². The van der Waals surface area contributed by atoms with Crippen molar-refractivity contribution in [1.29, 1.82) is 0 Å². The summed E-state index contributed by atoms with van der Waals surface area (Å²) < 4.78 is 7.37. The third-order valence-electron chi connectivity index (χ3n) is 5.50. The van der Waals surface area contributed by atoms with E-state index in [-0.39, 0.29) is 11.9 Å². The first kappa shape index (κ1) is 24.2. The van der Waals surface area contributed by atoms with Crippen LogP contribution < -0.4 is 15.4 Å². The molecule has 2 heterocycles. The number of carbonyl (C=O) groups excluding carboxylic acids is 1. The molecule has 35 heavy (non-hydrogen) atoms. The minimum absolute atomic E-state index is 0.219. The molecule has 0 saturated heterocycles. The zero-order valence-electron chi connectivity index (χ0n) is 20.0. The zero-order chi connectivity index (χ0) is 24.9. The lowest BCUT2D eigenvalue weighted by Gasteiger charge is -2.14. The summed E-state index contributed by atoms with van der Waals surface area (Å²) in [6.07, 6.45) is 5.98. The Morgan fingerprint density at radius 3 is 2.66 bits per heavy atom. The minimum atomic E-state index is -0.219. The maximum absolute atomic E-state index is 12.9. The van der Waals surface area contributed by atoms with Crippen LogP contribution in [-0.2, 0) is 6.42 Å². The van der Waals surface area contributed by atoms with Crippen LogP contribution in [0.1, 0.15) is 42.7 Å². The SMILES string of the molecule is CCc1ccccc1NC(=O)c1ccc(Nc2ncc(Cl)c(-c3cnn(C(C)C)c3)n2)c(OC)c1. The topological polar surface area (TPSA) is 94.0 Å². The lowest BCUT2D eigenvalue weighted by atomic mass is 10.1. The monoisotopic (exact) mass is 490 g/mol. The first-order valence-corrected chi connectivity index (χ1v) is 11.7. The molecule has 0 radical (unpaired) electrons. The molecule has 0 bridgehead atoms. The standard InChI is InChI=1S/C26H27ClN6O2/c1-5-17-8-6-7-9-21(17)30-25(34)18-10-11-22(23(12-18)35-4)31-26-28-14-20(27)24(32-26)19-13-29-33(15-19)16(2)3/h6-16H,5H2,1-4H3,(H,30,34)(H,28,31,32). The summed E-state index contributed by atoms with van der Waals surface area (Å²) in [5.41, 5.74) is 4.31. The number of amides is 1. The highest BCUT2D eigenvalue weighted by Gasteiger charge is 2.15. The highest BCUT2D eigenvalue weighted by Crippen LogP contribution is 2.31. The molecule has 0 aliphatic rings. The number of aromatic nitrogens is 4. The van der Waals surface area contributed by atoms with Gasteiger partial charge in [0, 0.05) is 29.1 Å². The number of hydrogen-bond donors (Lipinski definition) is 2. The number of anilines is 3. The molecule has 0 atom stereocenters. The fraction of sp³-hybridized carbons (Fsp3) is 0.231. The van der Waals surface area contributed by atoms with E-state index in [1.165, 1.54) is 0 Å². The lowest BCUT2D eigenvalue weighted by molar-refractivity contribution is 0.102. The summed E-state index contributed by atoms with van der Waals surface area (Å²) in [4.78, 5) is 21.7. The average molecular weight is 491 g/mol. The molecule has 4 aromatic rings. The van der Waals surface area contributed by atoms with Gasteiger partial charge in [-0.1, -0.05) is 36.7 Å². The van der Waals surface area contributed by atoms with Crippen LogP contribution in [0.5, 0.6) is 5.75 Å². The van der Waals surface area contributed by atoms with Crippen LogP contribution >= 0.6 is 11.6 Å². The van der Waals surface area contributed by atoms with Crippen molar-refractivity contribution in [2.24, 2.45) is 0 Å². The van der Waals surface area contributed by atoms with E-state index < -0.39 is 0 Å². The first-order chi connectivity index (χ1) is 16.9. The summed E-state index contributed by atoms with van der Waals surface area (Å²) >= 11 is 6.37. The molecule has 8 nitrogen and oxygen atoms in total. The number of carbonyl (C=O) groups is 1. The second-order valence-corrected chi connectivity index (χ2v) is 8.61. The molecule has 0 aliphatic heterocycles. The van der Waals surface area contributed by atoms with Crippen molar-refractivity contribution in [3.63, 3.8) is 0 Å². The Bertz CT molecular complexity index is 1350. The van der Waals surface area contributed by atoms with E-state index in [1.54, 1.807) is 37.7 Å². The van der Waals surface area contributed by atoms with Crippen LogP contribution in [0, 0.1) is 0 Å². The highest BCUT2D eigenvalue weighted by atomic mass is 35.5. The van der Waals surface area contributed by atoms with Gasteiger partial charge in [0.25, 0.3) is 5.91 Å². The van der Waals surface area contributed by atoms with Crippen LogP contribution in [-0.4, -0.2) is 32.8 Å². The van der Waals surface area contributed by atoms with Gasteiger partial charge in [-0.15, -0.1) is 0 Å². The van der Waals surface area contributed by atoms with Crippen LogP contribution in [0.15, 0.2) is 61.1 Å². The predicted octanol–water partition coefficient (Wildman–Crippen LogP) is 6.14. The Labute approximate surface area is 209 Å². The van der Waals surface area contributed by atoms with E-state index in [9.17, 15) is 4.79 Å². The van der Waals surface area contributed by atoms with Crippen molar-refractivity contribution in [3.05, 3.63) is 77.2 Å². The first-order valence-electron chi connectivity index (χ1n) is 11.3. The molecule has 4 rings (SSSR count). The predicted molar refractivity (Wildman–Crippen MR) is 139 cm³/mol. The van der Waals surface area contributed by atoms with Gasteiger partial charge in [0.2, 0.25) is 5.95 Å². The maximum atomic E-state index is 12.9. The van der Waals surface area contributed by atoms with Crippen LogP contribution in [0.25, 0.3) is 11.3 Å². The highest BCUT2D eigenvalue weighted by molar-refractivity contribution is 6.32. The Morgan fingerprint density at radius 1 is 1.14 bits per heavy atom. The second-order valence-electron chi connectivity index (χ2n) is 8.20. The number of ether oxygens (including phenoxy) is 1. The molecule has 2 N–H and O–H groups in total. The number of nitrogens with one attached hydrogen (secondary N) is 2. The zero-order valence-corrected chi connectivity index (χ0v) is 20.8. The molecular weight excluding hydrogens is 464 g/mol. The molecule has 2 aromatic carbocycles. The van der Waals surface area contributed by atoms with Crippen LogP contribution in [0.3, 0.4) is 0 Å². The number of nitrogens with zero attached hydrogens (tertiary/aromatic N) is 4.